The molecule has 0 aromatic heterocycles. The van der Waals surface area contributed by atoms with Crippen LogP contribution in [0.25, 0.3) is 0 Å². The van der Waals surface area contributed by atoms with Crippen molar-refractivity contribution in [3.63, 3.8) is 0 Å². The van der Waals surface area contributed by atoms with E-state index in [1.165, 1.54) is 43.9 Å². The quantitative estimate of drug-likeness (QED) is 0.262. The number of ether oxygens (including phenoxy) is 1. The Balaban J connectivity index is 1.39. The second-order valence-electron chi connectivity index (χ2n) is 8.66. The van der Waals surface area contributed by atoms with Gasteiger partial charge >= 0.3 is 6.36 Å². The van der Waals surface area contributed by atoms with Crippen molar-refractivity contribution in [1.29, 1.82) is 5.26 Å². The maximum atomic E-state index is 12.3. The van der Waals surface area contributed by atoms with E-state index >= 15 is 0 Å². The minimum absolute atomic E-state index is 0.156. The molecule has 2 nitrogen and oxygen atoms in total. The lowest BCUT2D eigenvalue weighted by Gasteiger charge is -2.28. The number of benzene rings is 1. The van der Waals surface area contributed by atoms with E-state index in [1.807, 2.05) is 12.1 Å². The molecule has 2 saturated carbocycles. The van der Waals surface area contributed by atoms with Gasteiger partial charge in [0.2, 0.25) is 0 Å². The summed E-state index contributed by atoms with van der Waals surface area (Å²) < 4.78 is 40.9. The van der Waals surface area contributed by atoms with E-state index in [9.17, 15) is 13.2 Å². The largest absolute Gasteiger partial charge is 0.573 e. The summed E-state index contributed by atoms with van der Waals surface area (Å²) in [4.78, 5) is 0. The van der Waals surface area contributed by atoms with E-state index in [0.717, 1.165) is 31.2 Å². The molecule has 0 atom stereocenters. The van der Waals surface area contributed by atoms with Crippen LogP contribution in [0.5, 0.6) is 5.75 Å². The highest BCUT2D eigenvalue weighted by Crippen LogP contribution is 2.38. The molecule has 5 heteroatoms. The molecule has 1 aromatic carbocycles. The zero-order chi connectivity index (χ0) is 22.1. The molecule has 0 bridgehead atoms. The Morgan fingerprint density at radius 2 is 1.29 bits per heavy atom. The van der Waals surface area contributed by atoms with Crippen molar-refractivity contribution < 1.29 is 17.9 Å². The summed E-state index contributed by atoms with van der Waals surface area (Å²) in [5.41, 5.74) is 1.10. The van der Waals surface area contributed by atoms with Gasteiger partial charge in [-0.2, -0.15) is 5.26 Å². The summed E-state index contributed by atoms with van der Waals surface area (Å²) in [6, 6.07) is 8.37. The molecular formula is C26H30F3NO. The molecule has 0 unspecified atom stereocenters. The molecule has 0 saturated heterocycles. The van der Waals surface area contributed by atoms with Crippen molar-refractivity contribution in [2.24, 2.45) is 17.8 Å². The van der Waals surface area contributed by atoms with E-state index in [0.29, 0.717) is 23.7 Å². The minimum atomic E-state index is -4.64. The van der Waals surface area contributed by atoms with Crippen LogP contribution in [0.15, 0.2) is 60.7 Å². The summed E-state index contributed by atoms with van der Waals surface area (Å²) in [6.07, 6.45) is 16.9. The fraction of sp³-hybridized carbons (Fsp3) is 0.500. The molecule has 31 heavy (non-hydrogen) atoms. The van der Waals surface area contributed by atoms with Crippen LogP contribution in [0.3, 0.4) is 0 Å². The Labute approximate surface area is 183 Å². The van der Waals surface area contributed by atoms with Crippen molar-refractivity contribution in [2.75, 3.05) is 0 Å². The summed E-state index contributed by atoms with van der Waals surface area (Å²) in [5.74, 6) is 2.16. The fourth-order valence-electron chi connectivity index (χ4n) is 4.75. The number of hydrogen-bond donors (Lipinski definition) is 0. The molecule has 2 fully saturated rings. The van der Waals surface area contributed by atoms with Crippen LogP contribution in [-0.4, -0.2) is 6.36 Å². The van der Waals surface area contributed by atoms with Crippen molar-refractivity contribution in [1.82, 2.24) is 0 Å². The smallest absolute Gasteiger partial charge is 0.406 e. The molecule has 0 spiro atoms. The van der Waals surface area contributed by atoms with Gasteiger partial charge in [0.1, 0.15) is 5.75 Å². The second kappa shape index (κ2) is 11.2. The van der Waals surface area contributed by atoms with Crippen molar-refractivity contribution in [3.8, 4) is 11.8 Å². The van der Waals surface area contributed by atoms with Gasteiger partial charge in [-0.15, -0.1) is 13.2 Å². The third kappa shape index (κ3) is 7.94. The van der Waals surface area contributed by atoms with Crippen molar-refractivity contribution in [3.05, 3.63) is 66.3 Å². The first kappa shape index (κ1) is 23.2. The second-order valence-corrected chi connectivity index (χ2v) is 8.66. The first-order valence-corrected chi connectivity index (χ1v) is 11.2. The number of alkyl halides is 3. The first-order chi connectivity index (χ1) is 14.9. The summed E-state index contributed by atoms with van der Waals surface area (Å²) in [6.45, 7) is 0. The highest BCUT2D eigenvalue weighted by Gasteiger charge is 2.31. The number of hydrogen-bond acceptors (Lipinski definition) is 2. The number of nitriles is 1. The fourth-order valence-corrected chi connectivity index (χ4v) is 4.75. The standard InChI is InChI=1S/C26H30F3NO/c27-26(28,29)31-25-17-15-24(16-18-25)23-13-11-22(12-14-23)10-9-21-7-5-20(6-8-21)4-2-1-3-19-30/h1-4,9-10,15-18,20-23H,5-8,11-14H2/t20-,21-,22-,23-. The predicted octanol–water partition coefficient (Wildman–Crippen LogP) is 7.86. The molecule has 166 valence electrons. The SMILES string of the molecule is N#CC=CC=C[C@H]1CC[C@H](C=C[C@H]2CC[C@H](c3ccc(OC(F)(F)F)cc3)CC2)CC1. The maximum absolute atomic E-state index is 12.3. The summed E-state index contributed by atoms with van der Waals surface area (Å²) >= 11 is 0. The lowest BCUT2D eigenvalue weighted by Crippen LogP contribution is -2.17. The maximum Gasteiger partial charge on any atom is 0.573 e. The van der Waals surface area contributed by atoms with E-state index in [2.05, 4.69) is 23.0 Å². The Morgan fingerprint density at radius 3 is 1.81 bits per heavy atom. The van der Waals surface area contributed by atoms with Gasteiger partial charge in [0.15, 0.2) is 0 Å². The summed E-state index contributed by atoms with van der Waals surface area (Å²) in [7, 11) is 0. The monoisotopic (exact) mass is 429 g/mol. The predicted molar refractivity (Wildman–Crippen MR) is 116 cm³/mol. The topological polar surface area (TPSA) is 33.0 Å². The third-order valence-electron chi connectivity index (χ3n) is 6.49. The Bertz CT molecular complexity index is 801. The van der Waals surface area contributed by atoms with Crippen LogP contribution >= 0.6 is 0 Å². The van der Waals surface area contributed by atoms with Gasteiger partial charge in [-0.05, 0) is 92.7 Å². The van der Waals surface area contributed by atoms with Crippen LogP contribution < -0.4 is 4.74 Å². The zero-order valence-corrected chi connectivity index (χ0v) is 17.7. The number of nitrogens with zero attached hydrogens (tertiary/aromatic N) is 1. The normalized spacial score (nSPS) is 27.7. The van der Waals surface area contributed by atoms with E-state index < -0.39 is 6.36 Å². The molecule has 2 aliphatic rings. The van der Waals surface area contributed by atoms with Gasteiger partial charge < -0.3 is 4.74 Å². The van der Waals surface area contributed by atoms with Crippen LogP contribution in [0.1, 0.15) is 62.8 Å². The molecule has 3 rings (SSSR count). The summed E-state index contributed by atoms with van der Waals surface area (Å²) in [5, 5.41) is 8.50. The molecule has 2 aliphatic carbocycles. The molecular weight excluding hydrogens is 399 g/mol. The third-order valence-corrected chi connectivity index (χ3v) is 6.49. The van der Waals surface area contributed by atoms with Gasteiger partial charge in [0.05, 0.1) is 6.07 Å². The van der Waals surface area contributed by atoms with E-state index in [-0.39, 0.29) is 5.75 Å². The molecule has 1 aromatic rings. The Morgan fingerprint density at radius 1 is 0.774 bits per heavy atom. The number of halogens is 3. The molecule has 0 heterocycles. The Hall–Kier alpha value is -2.48. The van der Waals surface area contributed by atoms with Crippen LogP contribution in [-0.2, 0) is 0 Å². The van der Waals surface area contributed by atoms with Gasteiger partial charge in [-0.3, -0.25) is 0 Å². The van der Waals surface area contributed by atoms with Gasteiger partial charge in [-0.25, -0.2) is 0 Å². The van der Waals surface area contributed by atoms with Crippen molar-refractivity contribution >= 4 is 0 Å². The lowest BCUT2D eigenvalue weighted by atomic mass is 9.77. The average Bonchev–Trinajstić information content (AvgIpc) is 2.76. The highest BCUT2D eigenvalue weighted by molar-refractivity contribution is 5.30. The molecule has 0 aliphatic heterocycles. The van der Waals surface area contributed by atoms with Gasteiger partial charge in [0, 0.05) is 6.08 Å². The molecule has 0 N–H and O–H groups in total. The number of allylic oxidation sites excluding steroid dienone is 6. The molecule has 0 radical (unpaired) electrons. The highest BCUT2D eigenvalue weighted by atomic mass is 19.4. The van der Waals surface area contributed by atoms with Crippen molar-refractivity contribution in [2.45, 2.75) is 63.6 Å². The zero-order valence-electron chi connectivity index (χ0n) is 17.7. The number of rotatable bonds is 6. The van der Waals surface area contributed by atoms with E-state index in [4.69, 9.17) is 5.26 Å². The van der Waals surface area contributed by atoms with E-state index in [1.54, 1.807) is 18.2 Å². The van der Waals surface area contributed by atoms with Crippen LogP contribution in [0.4, 0.5) is 13.2 Å². The van der Waals surface area contributed by atoms with Gasteiger partial charge in [0.25, 0.3) is 0 Å². The molecule has 0 amide bonds. The Kier molecular flexibility index (Phi) is 8.40. The minimum Gasteiger partial charge on any atom is -0.406 e. The van der Waals surface area contributed by atoms with Crippen LogP contribution in [0.2, 0.25) is 0 Å². The van der Waals surface area contributed by atoms with Gasteiger partial charge in [-0.1, -0.05) is 42.5 Å². The average molecular weight is 430 g/mol. The lowest BCUT2D eigenvalue weighted by molar-refractivity contribution is -0.274. The van der Waals surface area contributed by atoms with Crippen LogP contribution in [0, 0.1) is 29.1 Å². The first-order valence-electron chi connectivity index (χ1n) is 11.2.